The van der Waals surface area contributed by atoms with E-state index < -0.39 is 0 Å². The SMILES string of the molecule is CN(Cc1ncc[nH]1)C(=O)[C@H]1CCC(=O)N(C2CCCCCC2)C1. The Hall–Kier alpha value is -1.85. The first-order valence-corrected chi connectivity index (χ1v) is 9.18. The molecular formula is C18H28N4O2. The highest BCUT2D eigenvalue weighted by Gasteiger charge is 2.35. The number of aromatic amines is 1. The predicted molar refractivity (Wildman–Crippen MR) is 91.0 cm³/mol. The van der Waals surface area contributed by atoms with Crippen LogP contribution in [-0.2, 0) is 16.1 Å². The van der Waals surface area contributed by atoms with Gasteiger partial charge in [0.1, 0.15) is 5.82 Å². The van der Waals surface area contributed by atoms with E-state index in [2.05, 4.69) is 9.97 Å². The molecule has 1 aliphatic carbocycles. The monoisotopic (exact) mass is 332 g/mol. The van der Waals surface area contributed by atoms with E-state index in [4.69, 9.17) is 0 Å². The zero-order chi connectivity index (χ0) is 16.9. The largest absolute Gasteiger partial charge is 0.347 e. The average molecular weight is 332 g/mol. The second kappa shape index (κ2) is 7.81. The van der Waals surface area contributed by atoms with Gasteiger partial charge in [0.15, 0.2) is 0 Å². The van der Waals surface area contributed by atoms with Crippen molar-refractivity contribution >= 4 is 11.8 Å². The van der Waals surface area contributed by atoms with Crippen molar-refractivity contribution in [2.75, 3.05) is 13.6 Å². The number of hydrogen-bond donors (Lipinski definition) is 1. The normalized spacial score (nSPS) is 23.1. The van der Waals surface area contributed by atoms with Crippen molar-refractivity contribution in [1.82, 2.24) is 19.8 Å². The molecule has 1 N–H and O–H groups in total. The minimum absolute atomic E-state index is 0.0779. The van der Waals surface area contributed by atoms with E-state index >= 15 is 0 Å². The molecule has 0 radical (unpaired) electrons. The van der Waals surface area contributed by atoms with Crippen LogP contribution in [0.15, 0.2) is 12.4 Å². The lowest BCUT2D eigenvalue weighted by Crippen LogP contribution is -2.50. The Morgan fingerprint density at radius 3 is 2.71 bits per heavy atom. The average Bonchev–Trinajstić information content (AvgIpc) is 2.94. The summed E-state index contributed by atoms with van der Waals surface area (Å²) in [5, 5.41) is 0. The molecule has 2 aliphatic rings. The Balaban J connectivity index is 1.61. The minimum atomic E-state index is -0.0779. The Kier molecular flexibility index (Phi) is 5.53. The second-order valence-electron chi connectivity index (χ2n) is 7.16. The van der Waals surface area contributed by atoms with E-state index in [1.807, 2.05) is 11.9 Å². The van der Waals surface area contributed by atoms with Crippen molar-refractivity contribution in [1.29, 1.82) is 0 Å². The summed E-state index contributed by atoms with van der Waals surface area (Å²) in [5.41, 5.74) is 0. The molecule has 1 atom stereocenters. The first kappa shape index (κ1) is 17.0. The van der Waals surface area contributed by atoms with Gasteiger partial charge in [-0.3, -0.25) is 9.59 Å². The standard InChI is InChI=1S/C18H28N4O2/c1-21(13-16-19-10-11-20-16)18(24)14-8-9-17(23)22(12-14)15-6-4-2-3-5-7-15/h10-11,14-15H,2-9,12-13H2,1H3,(H,19,20)/t14-/m0/s1. The lowest BCUT2D eigenvalue weighted by Gasteiger charge is -2.38. The molecule has 3 rings (SSSR count). The summed E-state index contributed by atoms with van der Waals surface area (Å²) >= 11 is 0. The molecule has 132 valence electrons. The number of rotatable bonds is 4. The van der Waals surface area contributed by atoms with E-state index in [1.54, 1.807) is 17.3 Å². The van der Waals surface area contributed by atoms with Gasteiger partial charge in [0.25, 0.3) is 0 Å². The summed E-state index contributed by atoms with van der Waals surface area (Å²) in [4.78, 5) is 36.1. The van der Waals surface area contributed by atoms with Crippen molar-refractivity contribution in [2.24, 2.45) is 5.92 Å². The number of hydrogen-bond acceptors (Lipinski definition) is 3. The highest BCUT2D eigenvalue weighted by atomic mass is 16.2. The molecule has 2 fully saturated rings. The van der Waals surface area contributed by atoms with Crippen LogP contribution >= 0.6 is 0 Å². The molecule has 1 aromatic heterocycles. The van der Waals surface area contributed by atoms with Crippen LogP contribution in [-0.4, -0.2) is 51.2 Å². The Morgan fingerprint density at radius 1 is 1.29 bits per heavy atom. The maximum atomic E-state index is 12.8. The van der Waals surface area contributed by atoms with Gasteiger partial charge in [0.2, 0.25) is 11.8 Å². The number of likely N-dealkylation sites (tertiary alicyclic amines) is 1. The first-order valence-electron chi connectivity index (χ1n) is 9.18. The van der Waals surface area contributed by atoms with Gasteiger partial charge in [0.05, 0.1) is 12.5 Å². The third-order valence-corrected chi connectivity index (χ3v) is 5.38. The zero-order valence-electron chi connectivity index (χ0n) is 14.5. The first-order chi connectivity index (χ1) is 11.6. The molecule has 6 nitrogen and oxygen atoms in total. The molecule has 1 aliphatic heterocycles. The Bertz CT molecular complexity index is 549. The van der Waals surface area contributed by atoms with Crippen LogP contribution in [0, 0.1) is 5.92 Å². The van der Waals surface area contributed by atoms with Crippen molar-refractivity contribution < 1.29 is 9.59 Å². The van der Waals surface area contributed by atoms with Crippen molar-refractivity contribution in [3.8, 4) is 0 Å². The molecular weight excluding hydrogens is 304 g/mol. The van der Waals surface area contributed by atoms with Crippen LogP contribution in [0.2, 0.25) is 0 Å². The predicted octanol–water partition coefficient (Wildman–Crippen LogP) is 2.33. The van der Waals surface area contributed by atoms with Gasteiger partial charge in [-0.25, -0.2) is 4.98 Å². The molecule has 0 spiro atoms. The van der Waals surface area contributed by atoms with Gasteiger partial charge in [-0.15, -0.1) is 0 Å². The van der Waals surface area contributed by atoms with Crippen LogP contribution in [0.4, 0.5) is 0 Å². The summed E-state index contributed by atoms with van der Waals surface area (Å²) in [6, 6.07) is 0.339. The van der Waals surface area contributed by atoms with E-state index in [-0.39, 0.29) is 17.7 Å². The number of carbonyl (C=O) groups is 2. The van der Waals surface area contributed by atoms with Crippen LogP contribution < -0.4 is 0 Å². The zero-order valence-corrected chi connectivity index (χ0v) is 14.5. The van der Waals surface area contributed by atoms with E-state index in [0.717, 1.165) is 18.7 Å². The van der Waals surface area contributed by atoms with Crippen LogP contribution in [0.5, 0.6) is 0 Å². The lowest BCUT2D eigenvalue weighted by molar-refractivity contribution is -0.144. The fourth-order valence-electron chi connectivity index (χ4n) is 3.99. The van der Waals surface area contributed by atoms with Gasteiger partial charge in [-0.2, -0.15) is 0 Å². The molecule has 1 saturated carbocycles. The number of nitrogens with one attached hydrogen (secondary N) is 1. The third kappa shape index (κ3) is 3.97. The molecule has 1 saturated heterocycles. The fourth-order valence-corrected chi connectivity index (χ4v) is 3.99. The van der Waals surface area contributed by atoms with Gasteiger partial charge < -0.3 is 14.8 Å². The number of nitrogens with zero attached hydrogens (tertiary/aromatic N) is 3. The number of H-pyrrole nitrogens is 1. The lowest BCUT2D eigenvalue weighted by atomic mass is 9.93. The van der Waals surface area contributed by atoms with Gasteiger partial charge in [-0.05, 0) is 19.3 Å². The number of piperidine rings is 1. The summed E-state index contributed by atoms with van der Waals surface area (Å²) in [7, 11) is 1.82. The number of aromatic nitrogens is 2. The highest BCUT2D eigenvalue weighted by molar-refractivity contribution is 5.83. The van der Waals surface area contributed by atoms with Crippen LogP contribution in [0.3, 0.4) is 0 Å². The fraction of sp³-hybridized carbons (Fsp3) is 0.722. The highest BCUT2D eigenvalue weighted by Crippen LogP contribution is 2.28. The third-order valence-electron chi connectivity index (χ3n) is 5.38. The summed E-state index contributed by atoms with van der Waals surface area (Å²) in [5.74, 6) is 1.07. The molecule has 2 amide bonds. The number of imidazole rings is 1. The number of carbonyl (C=O) groups excluding carboxylic acids is 2. The van der Waals surface area contributed by atoms with Gasteiger partial charge in [0, 0.05) is 38.4 Å². The van der Waals surface area contributed by atoms with Gasteiger partial charge >= 0.3 is 0 Å². The molecule has 1 aromatic rings. The summed E-state index contributed by atoms with van der Waals surface area (Å²) < 4.78 is 0. The molecule has 0 unspecified atom stereocenters. The molecule has 2 heterocycles. The van der Waals surface area contributed by atoms with Crippen molar-refractivity contribution in [2.45, 2.75) is 64.0 Å². The molecule has 24 heavy (non-hydrogen) atoms. The smallest absolute Gasteiger partial charge is 0.227 e. The maximum absolute atomic E-state index is 12.8. The van der Waals surface area contributed by atoms with Crippen LogP contribution in [0.1, 0.15) is 57.2 Å². The summed E-state index contributed by atoms with van der Waals surface area (Å²) in [6.45, 7) is 1.07. The second-order valence-corrected chi connectivity index (χ2v) is 7.16. The van der Waals surface area contributed by atoms with Crippen molar-refractivity contribution in [3.63, 3.8) is 0 Å². The van der Waals surface area contributed by atoms with E-state index in [1.165, 1.54) is 25.7 Å². The van der Waals surface area contributed by atoms with Crippen LogP contribution in [0.25, 0.3) is 0 Å². The Labute approximate surface area is 143 Å². The Morgan fingerprint density at radius 2 is 2.04 bits per heavy atom. The van der Waals surface area contributed by atoms with E-state index in [9.17, 15) is 9.59 Å². The molecule has 0 aromatic carbocycles. The quantitative estimate of drug-likeness (QED) is 0.860. The topological polar surface area (TPSA) is 69.3 Å². The van der Waals surface area contributed by atoms with Gasteiger partial charge in [-0.1, -0.05) is 25.7 Å². The van der Waals surface area contributed by atoms with Crippen molar-refractivity contribution in [3.05, 3.63) is 18.2 Å². The molecule has 6 heteroatoms. The number of amides is 2. The summed E-state index contributed by atoms with van der Waals surface area (Å²) in [6.07, 6.45) is 11.8. The minimum Gasteiger partial charge on any atom is -0.347 e. The molecule has 0 bridgehead atoms. The maximum Gasteiger partial charge on any atom is 0.227 e. The van der Waals surface area contributed by atoms with E-state index in [0.29, 0.717) is 32.0 Å².